The quantitative estimate of drug-likeness (QED) is 0.159. The number of halogens is 3. The monoisotopic (exact) mass is 564 g/mol. The number of hydrogen-bond donors (Lipinski definition) is 1. The van der Waals surface area contributed by atoms with Crippen LogP contribution in [0.2, 0.25) is 10.0 Å². The number of hydrogen-bond acceptors (Lipinski definition) is 6. The van der Waals surface area contributed by atoms with Crippen molar-refractivity contribution in [2.75, 3.05) is 7.11 Å². The van der Waals surface area contributed by atoms with Gasteiger partial charge < -0.3 is 14.2 Å². The molecule has 0 fully saturated rings. The second-order valence-electron chi connectivity index (χ2n) is 6.87. The van der Waals surface area contributed by atoms with Crippen LogP contribution in [0.5, 0.6) is 17.2 Å². The summed E-state index contributed by atoms with van der Waals surface area (Å²) < 4.78 is 17.2. The molecule has 0 aliphatic rings. The van der Waals surface area contributed by atoms with Crippen LogP contribution in [-0.4, -0.2) is 31.3 Å². The van der Waals surface area contributed by atoms with E-state index in [4.69, 9.17) is 37.4 Å². The SMILES string of the molecule is COc1cc(/C=N\NC(=O)[C@H](C)Oc2ccc(Br)cc2)ccc1OC(=O)c1ccc(Cl)cc1Cl. The van der Waals surface area contributed by atoms with Gasteiger partial charge in [-0.05, 0) is 73.2 Å². The number of benzene rings is 3. The van der Waals surface area contributed by atoms with Crippen LogP contribution in [-0.2, 0) is 4.79 Å². The van der Waals surface area contributed by atoms with E-state index >= 15 is 0 Å². The standard InChI is InChI=1S/C24H19BrCl2N2O5/c1-14(33-18-7-4-16(25)5-8-18)23(30)29-28-13-15-3-10-21(22(11-15)32-2)34-24(31)19-9-6-17(26)12-20(19)27/h3-14H,1-2H3,(H,29,30)/b28-13-/t14-/m0/s1. The highest BCUT2D eigenvalue weighted by atomic mass is 79.9. The Bertz CT molecular complexity index is 1220. The lowest BCUT2D eigenvalue weighted by atomic mass is 10.2. The van der Waals surface area contributed by atoms with Crippen molar-refractivity contribution in [3.63, 3.8) is 0 Å². The Morgan fingerprint density at radius 1 is 1.03 bits per heavy atom. The molecule has 0 unspecified atom stereocenters. The van der Waals surface area contributed by atoms with E-state index in [1.165, 1.54) is 25.5 Å². The molecule has 0 aliphatic carbocycles. The first kappa shape index (κ1) is 25.6. The van der Waals surface area contributed by atoms with E-state index in [9.17, 15) is 9.59 Å². The third-order valence-corrected chi connectivity index (χ3v) is 5.50. The molecule has 10 heteroatoms. The molecule has 7 nitrogen and oxygen atoms in total. The number of nitrogens with zero attached hydrogens (tertiary/aromatic N) is 1. The highest BCUT2D eigenvalue weighted by Gasteiger charge is 2.16. The number of carbonyl (C=O) groups is 2. The van der Waals surface area contributed by atoms with Crippen molar-refractivity contribution in [3.8, 4) is 17.2 Å². The normalized spacial score (nSPS) is 11.7. The van der Waals surface area contributed by atoms with Crippen LogP contribution in [0.3, 0.4) is 0 Å². The fourth-order valence-electron chi connectivity index (χ4n) is 2.69. The molecule has 1 atom stereocenters. The predicted molar refractivity (Wildman–Crippen MR) is 134 cm³/mol. The predicted octanol–water partition coefficient (Wildman–Crippen LogP) is 5.90. The molecular weight excluding hydrogens is 547 g/mol. The van der Waals surface area contributed by atoms with E-state index in [1.54, 1.807) is 43.3 Å². The summed E-state index contributed by atoms with van der Waals surface area (Å²) in [7, 11) is 1.44. The Hall–Kier alpha value is -3.07. The summed E-state index contributed by atoms with van der Waals surface area (Å²) in [6.45, 7) is 1.62. The molecule has 34 heavy (non-hydrogen) atoms. The highest BCUT2D eigenvalue weighted by molar-refractivity contribution is 9.10. The minimum atomic E-state index is -0.755. The first-order chi connectivity index (χ1) is 16.3. The molecule has 1 N–H and O–H groups in total. The summed E-state index contributed by atoms with van der Waals surface area (Å²) in [6, 6.07) is 16.4. The molecule has 0 bridgehead atoms. The molecule has 3 rings (SSSR count). The zero-order valence-corrected chi connectivity index (χ0v) is 21.1. The van der Waals surface area contributed by atoms with Crippen molar-refractivity contribution in [2.24, 2.45) is 5.10 Å². The van der Waals surface area contributed by atoms with Crippen LogP contribution >= 0.6 is 39.1 Å². The molecule has 0 aliphatic heterocycles. The second-order valence-corrected chi connectivity index (χ2v) is 8.63. The van der Waals surface area contributed by atoms with Gasteiger partial charge in [-0.2, -0.15) is 5.10 Å². The average Bonchev–Trinajstić information content (AvgIpc) is 2.81. The molecule has 0 heterocycles. The van der Waals surface area contributed by atoms with Crippen LogP contribution in [0.15, 0.2) is 70.2 Å². The molecule has 0 aromatic heterocycles. The van der Waals surface area contributed by atoms with Gasteiger partial charge in [0.1, 0.15) is 5.75 Å². The minimum Gasteiger partial charge on any atom is -0.493 e. The summed E-state index contributed by atoms with van der Waals surface area (Å²) in [4.78, 5) is 24.7. The molecule has 3 aromatic rings. The zero-order valence-electron chi connectivity index (χ0n) is 18.1. The van der Waals surface area contributed by atoms with Crippen LogP contribution in [0, 0.1) is 0 Å². The third-order valence-electron chi connectivity index (χ3n) is 4.43. The molecule has 1 amide bonds. The molecular formula is C24H19BrCl2N2O5. The first-order valence-corrected chi connectivity index (χ1v) is 11.4. The Kier molecular flexibility index (Phi) is 8.92. The van der Waals surface area contributed by atoms with Crippen LogP contribution in [0.1, 0.15) is 22.8 Å². The van der Waals surface area contributed by atoms with Crippen molar-refractivity contribution in [1.82, 2.24) is 5.43 Å². The maximum absolute atomic E-state index is 12.5. The summed E-state index contributed by atoms with van der Waals surface area (Å²) in [5.74, 6) is -0.0357. The number of hydrazone groups is 1. The number of amides is 1. The molecule has 0 saturated carbocycles. The summed E-state index contributed by atoms with van der Waals surface area (Å²) in [5, 5.41) is 4.53. The van der Waals surface area contributed by atoms with E-state index < -0.39 is 18.0 Å². The van der Waals surface area contributed by atoms with Gasteiger partial charge in [-0.15, -0.1) is 0 Å². The molecule has 0 spiro atoms. The zero-order chi connectivity index (χ0) is 24.7. The van der Waals surface area contributed by atoms with Crippen molar-refractivity contribution < 1.29 is 23.8 Å². The number of methoxy groups -OCH3 is 1. The molecule has 0 radical (unpaired) electrons. The minimum absolute atomic E-state index is 0.168. The second kappa shape index (κ2) is 11.9. The van der Waals surface area contributed by atoms with Gasteiger partial charge in [0.2, 0.25) is 0 Å². The van der Waals surface area contributed by atoms with Gasteiger partial charge in [-0.3, -0.25) is 4.79 Å². The van der Waals surface area contributed by atoms with Crippen LogP contribution < -0.4 is 19.6 Å². The van der Waals surface area contributed by atoms with E-state index in [0.29, 0.717) is 22.1 Å². The Labute approximate surface area is 214 Å². The molecule has 0 saturated heterocycles. The summed E-state index contributed by atoms with van der Waals surface area (Å²) in [6.07, 6.45) is 0.670. The Morgan fingerprint density at radius 3 is 2.44 bits per heavy atom. The fourth-order valence-corrected chi connectivity index (χ4v) is 3.44. The van der Waals surface area contributed by atoms with Crippen LogP contribution in [0.25, 0.3) is 0 Å². The van der Waals surface area contributed by atoms with Gasteiger partial charge in [0.25, 0.3) is 5.91 Å². The van der Waals surface area contributed by atoms with Gasteiger partial charge in [-0.1, -0.05) is 39.1 Å². The number of carbonyl (C=O) groups excluding carboxylic acids is 2. The third kappa shape index (κ3) is 6.96. The van der Waals surface area contributed by atoms with Crippen LogP contribution in [0.4, 0.5) is 0 Å². The highest BCUT2D eigenvalue weighted by Crippen LogP contribution is 2.30. The topological polar surface area (TPSA) is 86.2 Å². The van der Waals surface area contributed by atoms with Gasteiger partial charge in [0, 0.05) is 9.50 Å². The number of rotatable bonds is 8. The van der Waals surface area contributed by atoms with Crippen molar-refractivity contribution >= 4 is 57.2 Å². The first-order valence-electron chi connectivity index (χ1n) is 9.87. The van der Waals surface area contributed by atoms with E-state index in [-0.39, 0.29) is 16.3 Å². The maximum Gasteiger partial charge on any atom is 0.345 e. The van der Waals surface area contributed by atoms with E-state index in [1.807, 2.05) is 12.1 Å². The Balaban J connectivity index is 1.61. The maximum atomic E-state index is 12.5. The lowest BCUT2D eigenvalue weighted by molar-refractivity contribution is -0.127. The Morgan fingerprint density at radius 2 is 1.76 bits per heavy atom. The summed E-state index contributed by atoms with van der Waals surface area (Å²) >= 11 is 15.3. The van der Waals surface area contributed by atoms with Gasteiger partial charge in [0.05, 0.1) is 23.9 Å². The smallest absolute Gasteiger partial charge is 0.345 e. The van der Waals surface area contributed by atoms with E-state index in [2.05, 4.69) is 26.5 Å². The largest absolute Gasteiger partial charge is 0.493 e. The number of nitrogens with one attached hydrogen (secondary N) is 1. The van der Waals surface area contributed by atoms with Crippen molar-refractivity contribution in [1.29, 1.82) is 0 Å². The van der Waals surface area contributed by atoms with Crippen molar-refractivity contribution in [2.45, 2.75) is 13.0 Å². The lowest BCUT2D eigenvalue weighted by Gasteiger charge is -2.13. The van der Waals surface area contributed by atoms with Gasteiger partial charge >= 0.3 is 5.97 Å². The molecule has 3 aromatic carbocycles. The number of ether oxygens (including phenoxy) is 3. The van der Waals surface area contributed by atoms with Crippen molar-refractivity contribution in [3.05, 3.63) is 86.3 Å². The summed E-state index contributed by atoms with van der Waals surface area (Å²) in [5.41, 5.74) is 3.19. The average molecular weight is 566 g/mol. The van der Waals surface area contributed by atoms with Gasteiger partial charge in [0.15, 0.2) is 17.6 Å². The fraction of sp³-hybridized carbons (Fsp3) is 0.125. The lowest BCUT2D eigenvalue weighted by Crippen LogP contribution is -2.33. The molecule has 176 valence electrons. The number of esters is 1. The van der Waals surface area contributed by atoms with Gasteiger partial charge in [-0.25, -0.2) is 10.2 Å². The van der Waals surface area contributed by atoms with E-state index in [0.717, 1.165) is 4.47 Å².